The maximum Gasteiger partial charge on any atom is 0.326 e. The average molecular weight is 424 g/mol. The van der Waals surface area contributed by atoms with Crippen molar-refractivity contribution >= 4 is 52.6 Å². The number of rotatable bonds is 5. The minimum atomic E-state index is -0.550. The lowest BCUT2D eigenvalue weighted by Gasteiger charge is -2.27. The van der Waals surface area contributed by atoms with E-state index in [-0.39, 0.29) is 5.70 Å². The fourth-order valence-corrected chi connectivity index (χ4v) is 3.55. The van der Waals surface area contributed by atoms with Crippen molar-refractivity contribution in [3.05, 3.63) is 52.8 Å². The quantitative estimate of drug-likeness (QED) is 0.370. The second-order valence-electron chi connectivity index (χ2n) is 7.24. The van der Waals surface area contributed by atoms with Crippen LogP contribution in [0.15, 0.2) is 42.2 Å². The fourth-order valence-electron chi connectivity index (χ4n) is 3.36. The van der Waals surface area contributed by atoms with E-state index in [0.29, 0.717) is 28.1 Å². The number of anilines is 3. The van der Waals surface area contributed by atoms with Gasteiger partial charge in [-0.15, -0.1) is 0 Å². The topological polar surface area (TPSA) is 112 Å². The highest BCUT2D eigenvalue weighted by Crippen LogP contribution is 2.28. The van der Waals surface area contributed by atoms with Gasteiger partial charge in [0.25, 0.3) is 5.91 Å². The summed E-state index contributed by atoms with van der Waals surface area (Å²) in [6, 6.07) is 9.09. The van der Waals surface area contributed by atoms with Crippen molar-refractivity contribution in [1.82, 2.24) is 25.2 Å². The standard InChI is InChI=1S/C20H18ClN7O2/c21-12-3-1-6-14(8-12)23-16-9-17(24-13-4-2-5-13)28-18(26-16)11(10-22-28)7-15-19(29)27-20(30)25-15/h1,3,6-10,13,24H,2,4-5H2,(H,23,26)(H2,25,27,29,30). The maximum atomic E-state index is 11.9. The highest BCUT2D eigenvalue weighted by atomic mass is 35.5. The third-order valence-corrected chi connectivity index (χ3v) is 5.31. The third kappa shape index (κ3) is 3.55. The molecule has 1 aromatic carbocycles. The van der Waals surface area contributed by atoms with E-state index in [2.05, 4.69) is 31.3 Å². The molecule has 0 radical (unpaired) electrons. The van der Waals surface area contributed by atoms with E-state index in [0.717, 1.165) is 24.3 Å². The van der Waals surface area contributed by atoms with Gasteiger partial charge in [0.15, 0.2) is 5.65 Å². The zero-order valence-electron chi connectivity index (χ0n) is 15.8. The SMILES string of the molecule is O=C1NC(=O)C(=Cc2cnn3c(NC4CCC4)cc(Nc4cccc(Cl)c4)nc23)N1. The molecule has 1 saturated carbocycles. The van der Waals surface area contributed by atoms with Gasteiger partial charge in [0, 0.05) is 28.4 Å². The van der Waals surface area contributed by atoms with Crippen LogP contribution < -0.4 is 21.3 Å². The van der Waals surface area contributed by atoms with Gasteiger partial charge in [0.05, 0.1) is 6.20 Å². The van der Waals surface area contributed by atoms with Crippen LogP contribution in [0.25, 0.3) is 11.7 Å². The number of halogens is 1. The van der Waals surface area contributed by atoms with Gasteiger partial charge in [0.1, 0.15) is 17.3 Å². The molecule has 0 atom stereocenters. The zero-order chi connectivity index (χ0) is 20.7. The summed E-state index contributed by atoms with van der Waals surface area (Å²) in [6.07, 6.45) is 6.58. The molecule has 5 rings (SSSR count). The van der Waals surface area contributed by atoms with E-state index in [1.54, 1.807) is 22.9 Å². The van der Waals surface area contributed by atoms with Gasteiger partial charge in [0.2, 0.25) is 0 Å². The van der Waals surface area contributed by atoms with Crippen LogP contribution >= 0.6 is 11.6 Å². The number of urea groups is 1. The molecule has 2 fully saturated rings. The second-order valence-corrected chi connectivity index (χ2v) is 7.67. The number of carbonyl (C=O) groups excluding carboxylic acids is 2. The summed E-state index contributed by atoms with van der Waals surface area (Å²) in [5, 5.41) is 16.5. The number of hydrogen-bond acceptors (Lipinski definition) is 6. The van der Waals surface area contributed by atoms with Gasteiger partial charge in [-0.1, -0.05) is 17.7 Å². The second kappa shape index (κ2) is 7.34. The Morgan fingerprint density at radius 3 is 2.77 bits per heavy atom. The molecule has 152 valence electrons. The molecular weight excluding hydrogens is 406 g/mol. The minimum Gasteiger partial charge on any atom is -0.367 e. The van der Waals surface area contributed by atoms with Gasteiger partial charge >= 0.3 is 6.03 Å². The molecule has 1 aliphatic carbocycles. The molecule has 10 heteroatoms. The normalized spacial score (nSPS) is 17.7. The summed E-state index contributed by atoms with van der Waals surface area (Å²) in [5.41, 5.74) is 2.10. The highest BCUT2D eigenvalue weighted by Gasteiger charge is 2.24. The lowest BCUT2D eigenvalue weighted by atomic mass is 9.93. The van der Waals surface area contributed by atoms with E-state index in [9.17, 15) is 9.59 Å². The van der Waals surface area contributed by atoms with E-state index in [1.165, 1.54) is 6.42 Å². The van der Waals surface area contributed by atoms with Crippen LogP contribution in [0.3, 0.4) is 0 Å². The maximum absolute atomic E-state index is 11.9. The summed E-state index contributed by atoms with van der Waals surface area (Å²) in [5.74, 6) is 0.908. The molecule has 3 aromatic rings. The van der Waals surface area contributed by atoms with Crippen molar-refractivity contribution < 1.29 is 9.59 Å². The molecule has 2 aromatic heterocycles. The number of hydrogen-bond donors (Lipinski definition) is 4. The monoisotopic (exact) mass is 423 g/mol. The van der Waals surface area contributed by atoms with E-state index in [1.807, 2.05) is 24.3 Å². The van der Waals surface area contributed by atoms with Crippen molar-refractivity contribution in [3.8, 4) is 0 Å². The first-order valence-electron chi connectivity index (χ1n) is 9.57. The van der Waals surface area contributed by atoms with Gasteiger partial charge in [-0.2, -0.15) is 9.61 Å². The molecule has 1 saturated heterocycles. The average Bonchev–Trinajstić information content (AvgIpc) is 3.21. The first kappa shape index (κ1) is 18.4. The van der Waals surface area contributed by atoms with Crippen LogP contribution in [0.4, 0.5) is 22.1 Å². The number of fused-ring (bicyclic) bond motifs is 1. The Hall–Kier alpha value is -3.59. The lowest BCUT2D eigenvalue weighted by Crippen LogP contribution is -2.28. The molecule has 9 nitrogen and oxygen atoms in total. The van der Waals surface area contributed by atoms with Gasteiger partial charge in [-0.25, -0.2) is 9.78 Å². The number of aromatic nitrogens is 3. The van der Waals surface area contributed by atoms with Gasteiger partial charge in [-0.05, 0) is 43.5 Å². The number of nitrogens with zero attached hydrogens (tertiary/aromatic N) is 3. The van der Waals surface area contributed by atoms with Crippen LogP contribution in [0.1, 0.15) is 24.8 Å². The summed E-state index contributed by atoms with van der Waals surface area (Å²) in [4.78, 5) is 28.0. The number of amides is 3. The summed E-state index contributed by atoms with van der Waals surface area (Å²) < 4.78 is 1.70. The molecule has 4 N–H and O–H groups in total. The lowest BCUT2D eigenvalue weighted by molar-refractivity contribution is -0.115. The molecule has 2 aliphatic rings. The third-order valence-electron chi connectivity index (χ3n) is 5.07. The van der Waals surface area contributed by atoms with Crippen LogP contribution in [-0.4, -0.2) is 32.6 Å². The van der Waals surface area contributed by atoms with Gasteiger partial charge in [-0.3, -0.25) is 10.1 Å². The van der Waals surface area contributed by atoms with Crippen molar-refractivity contribution in [1.29, 1.82) is 0 Å². The largest absolute Gasteiger partial charge is 0.367 e. The smallest absolute Gasteiger partial charge is 0.326 e. The van der Waals surface area contributed by atoms with Crippen molar-refractivity contribution in [2.75, 3.05) is 10.6 Å². The van der Waals surface area contributed by atoms with Crippen LogP contribution in [-0.2, 0) is 4.79 Å². The molecule has 1 aliphatic heterocycles. The molecule has 0 unspecified atom stereocenters. The molecule has 3 heterocycles. The minimum absolute atomic E-state index is 0.151. The molecule has 0 bridgehead atoms. The predicted octanol–water partition coefficient (Wildman–Crippen LogP) is 3.27. The van der Waals surface area contributed by atoms with E-state index < -0.39 is 11.9 Å². The Morgan fingerprint density at radius 1 is 1.20 bits per heavy atom. The summed E-state index contributed by atoms with van der Waals surface area (Å²) in [6.45, 7) is 0. The first-order chi connectivity index (χ1) is 14.5. The van der Waals surface area contributed by atoms with Crippen LogP contribution in [0.5, 0.6) is 0 Å². The number of benzene rings is 1. The fraction of sp³-hybridized carbons (Fsp3) is 0.200. The van der Waals surface area contributed by atoms with Crippen molar-refractivity contribution in [3.63, 3.8) is 0 Å². The highest BCUT2D eigenvalue weighted by molar-refractivity contribution is 6.30. The van der Waals surface area contributed by atoms with Crippen LogP contribution in [0, 0.1) is 0 Å². The van der Waals surface area contributed by atoms with E-state index >= 15 is 0 Å². The van der Waals surface area contributed by atoms with Crippen LogP contribution in [0.2, 0.25) is 5.02 Å². The number of imide groups is 1. The van der Waals surface area contributed by atoms with Crippen molar-refractivity contribution in [2.24, 2.45) is 0 Å². The Balaban J connectivity index is 1.57. The Labute approximate surface area is 176 Å². The predicted molar refractivity (Wildman–Crippen MR) is 114 cm³/mol. The molecular formula is C20H18ClN7O2. The molecule has 3 amide bonds. The zero-order valence-corrected chi connectivity index (χ0v) is 16.5. The van der Waals surface area contributed by atoms with Gasteiger partial charge < -0.3 is 16.0 Å². The number of nitrogens with one attached hydrogen (secondary N) is 4. The number of carbonyl (C=O) groups is 2. The molecule has 30 heavy (non-hydrogen) atoms. The summed E-state index contributed by atoms with van der Waals surface area (Å²) >= 11 is 6.09. The Morgan fingerprint density at radius 2 is 2.07 bits per heavy atom. The van der Waals surface area contributed by atoms with Crippen molar-refractivity contribution in [2.45, 2.75) is 25.3 Å². The Bertz CT molecular complexity index is 1200. The molecule has 0 spiro atoms. The summed E-state index contributed by atoms with van der Waals surface area (Å²) in [7, 11) is 0. The Kier molecular flexibility index (Phi) is 4.51. The first-order valence-corrected chi connectivity index (χ1v) is 9.95. The van der Waals surface area contributed by atoms with E-state index in [4.69, 9.17) is 11.6 Å².